The zero-order chi connectivity index (χ0) is 17.1. The molecule has 2 fully saturated rings. The largest absolute Gasteiger partial charge is 0.481 e. The normalized spacial score (nSPS) is 21.4. The Kier molecular flexibility index (Phi) is 4.72. The molecule has 0 spiro atoms. The van der Waals surface area contributed by atoms with Crippen LogP contribution in [0.4, 0.5) is 0 Å². The van der Waals surface area contributed by atoms with E-state index in [-0.39, 0.29) is 31.0 Å². The second-order valence-electron chi connectivity index (χ2n) is 6.17. The first kappa shape index (κ1) is 16.3. The predicted molar refractivity (Wildman–Crippen MR) is 89.2 cm³/mol. The molecule has 0 N–H and O–H groups in total. The van der Waals surface area contributed by atoms with Crippen molar-refractivity contribution in [3.05, 3.63) is 29.8 Å². The van der Waals surface area contributed by atoms with E-state index in [1.807, 2.05) is 24.3 Å². The third-order valence-electron chi connectivity index (χ3n) is 4.45. The molecule has 6 heteroatoms. The highest BCUT2D eigenvalue weighted by molar-refractivity contribution is 5.95. The SMILES string of the molecule is C#CCOc1cccc(CN2CCN3C(=O)CN(C)C(=O)[C@H]3C2)c1. The Balaban J connectivity index is 1.66. The van der Waals surface area contributed by atoms with Gasteiger partial charge in [-0.3, -0.25) is 14.5 Å². The Morgan fingerprint density at radius 3 is 2.96 bits per heavy atom. The van der Waals surface area contributed by atoms with Crippen molar-refractivity contribution in [2.24, 2.45) is 0 Å². The molecule has 126 valence electrons. The second kappa shape index (κ2) is 6.93. The molecule has 2 aliphatic heterocycles. The van der Waals surface area contributed by atoms with Crippen LogP contribution in [0.25, 0.3) is 0 Å². The maximum absolute atomic E-state index is 12.3. The van der Waals surface area contributed by atoms with E-state index in [9.17, 15) is 9.59 Å². The first-order valence-electron chi connectivity index (χ1n) is 8.00. The molecule has 3 rings (SSSR count). The van der Waals surface area contributed by atoms with E-state index >= 15 is 0 Å². The standard InChI is InChI=1S/C18H21N3O3/c1-3-9-24-15-6-4-5-14(10-15)11-20-7-8-21-16(12-20)18(23)19(2)13-17(21)22/h1,4-6,10,16H,7-9,11-13H2,2H3/t16-/m1/s1. The molecule has 24 heavy (non-hydrogen) atoms. The van der Waals surface area contributed by atoms with Crippen molar-refractivity contribution in [1.82, 2.24) is 14.7 Å². The number of ether oxygens (including phenoxy) is 1. The molecule has 0 bridgehead atoms. The van der Waals surface area contributed by atoms with E-state index in [0.29, 0.717) is 19.6 Å². The number of terminal acetylenes is 1. The van der Waals surface area contributed by atoms with Crippen molar-refractivity contribution in [3.63, 3.8) is 0 Å². The summed E-state index contributed by atoms with van der Waals surface area (Å²) in [5.74, 6) is 3.24. The van der Waals surface area contributed by atoms with Crippen LogP contribution in [0, 0.1) is 12.3 Å². The van der Waals surface area contributed by atoms with Gasteiger partial charge in [-0.2, -0.15) is 0 Å². The summed E-state index contributed by atoms with van der Waals surface area (Å²) >= 11 is 0. The molecule has 2 aliphatic rings. The lowest BCUT2D eigenvalue weighted by Gasteiger charge is -2.45. The van der Waals surface area contributed by atoms with Gasteiger partial charge in [-0.15, -0.1) is 6.42 Å². The number of amides is 2. The number of hydrogen-bond acceptors (Lipinski definition) is 4. The molecule has 2 heterocycles. The molecule has 0 aromatic heterocycles. The highest BCUT2D eigenvalue weighted by atomic mass is 16.5. The maximum Gasteiger partial charge on any atom is 0.246 e. The Hall–Kier alpha value is -2.52. The lowest BCUT2D eigenvalue weighted by Crippen LogP contribution is -2.65. The topological polar surface area (TPSA) is 53.1 Å². The van der Waals surface area contributed by atoms with E-state index in [2.05, 4.69) is 10.8 Å². The number of nitrogens with zero attached hydrogens (tertiary/aromatic N) is 3. The van der Waals surface area contributed by atoms with Crippen LogP contribution >= 0.6 is 0 Å². The van der Waals surface area contributed by atoms with Crippen LogP contribution in [-0.4, -0.2) is 72.4 Å². The van der Waals surface area contributed by atoms with Gasteiger partial charge in [0.2, 0.25) is 11.8 Å². The van der Waals surface area contributed by atoms with Gasteiger partial charge in [0.1, 0.15) is 18.4 Å². The van der Waals surface area contributed by atoms with Gasteiger partial charge in [-0.25, -0.2) is 0 Å². The lowest BCUT2D eigenvalue weighted by molar-refractivity contribution is -0.158. The summed E-state index contributed by atoms with van der Waals surface area (Å²) in [6, 6.07) is 7.42. The number of piperazine rings is 2. The number of benzene rings is 1. The highest BCUT2D eigenvalue weighted by Crippen LogP contribution is 2.20. The van der Waals surface area contributed by atoms with Crippen LogP contribution in [0.3, 0.4) is 0 Å². The van der Waals surface area contributed by atoms with Crippen LogP contribution in [-0.2, 0) is 16.1 Å². The summed E-state index contributed by atoms with van der Waals surface area (Å²) < 4.78 is 5.45. The predicted octanol–water partition coefficient (Wildman–Crippen LogP) is 0.183. The number of carbonyl (C=O) groups is 2. The van der Waals surface area contributed by atoms with E-state index in [0.717, 1.165) is 17.9 Å². The molecule has 0 radical (unpaired) electrons. The fourth-order valence-corrected chi connectivity index (χ4v) is 3.24. The summed E-state index contributed by atoms with van der Waals surface area (Å²) in [6.45, 7) is 3.05. The van der Waals surface area contributed by atoms with Crippen LogP contribution in [0.5, 0.6) is 5.75 Å². The molecule has 2 amide bonds. The fourth-order valence-electron chi connectivity index (χ4n) is 3.24. The van der Waals surface area contributed by atoms with Crippen molar-refractivity contribution >= 4 is 11.8 Å². The molecule has 1 aromatic carbocycles. The van der Waals surface area contributed by atoms with Crippen molar-refractivity contribution in [3.8, 4) is 18.1 Å². The van der Waals surface area contributed by atoms with E-state index < -0.39 is 0 Å². The van der Waals surface area contributed by atoms with Crippen LogP contribution in [0.15, 0.2) is 24.3 Å². The molecular weight excluding hydrogens is 306 g/mol. The first-order chi connectivity index (χ1) is 11.6. The molecule has 0 saturated carbocycles. The zero-order valence-corrected chi connectivity index (χ0v) is 13.8. The van der Waals surface area contributed by atoms with Crippen molar-refractivity contribution < 1.29 is 14.3 Å². The molecule has 2 saturated heterocycles. The van der Waals surface area contributed by atoms with Gasteiger partial charge < -0.3 is 14.5 Å². The van der Waals surface area contributed by atoms with Gasteiger partial charge in [0.25, 0.3) is 0 Å². The number of carbonyl (C=O) groups excluding carboxylic acids is 2. The third-order valence-corrected chi connectivity index (χ3v) is 4.45. The maximum atomic E-state index is 12.3. The van der Waals surface area contributed by atoms with Gasteiger partial charge in [0, 0.05) is 33.2 Å². The zero-order valence-electron chi connectivity index (χ0n) is 13.8. The smallest absolute Gasteiger partial charge is 0.246 e. The van der Waals surface area contributed by atoms with E-state index in [4.69, 9.17) is 11.2 Å². The van der Waals surface area contributed by atoms with Crippen LogP contribution < -0.4 is 4.74 Å². The van der Waals surface area contributed by atoms with E-state index in [1.165, 1.54) is 4.90 Å². The minimum Gasteiger partial charge on any atom is -0.481 e. The monoisotopic (exact) mass is 327 g/mol. The van der Waals surface area contributed by atoms with Crippen LogP contribution in [0.2, 0.25) is 0 Å². The summed E-state index contributed by atoms with van der Waals surface area (Å²) in [6.07, 6.45) is 5.21. The summed E-state index contributed by atoms with van der Waals surface area (Å²) in [4.78, 5) is 29.8. The van der Waals surface area contributed by atoms with Crippen molar-refractivity contribution in [1.29, 1.82) is 0 Å². The Morgan fingerprint density at radius 1 is 1.33 bits per heavy atom. The van der Waals surface area contributed by atoms with Crippen molar-refractivity contribution in [2.45, 2.75) is 12.6 Å². The fraction of sp³-hybridized carbons (Fsp3) is 0.444. The van der Waals surface area contributed by atoms with Gasteiger partial charge in [0.05, 0.1) is 6.54 Å². The number of rotatable bonds is 4. The quantitative estimate of drug-likeness (QED) is 0.741. The Bertz CT molecular complexity index is 682. The second-order valence-corrected chi connectivity index (χ2v) is 6.17. The number of fused-ring (bicyclic) bond motifs is 1. The van der Waals surface area contributed by atoms with Gasteiger partial charge in [0.15, 0.2) is 0 Å². The van der Waals surface area contributed by atoms with E-state index in [1.54, 1.807) is 11.9 Å². The molecule has 0 aliphatic carbocycles. The van der Waals surface area contributed by atoms with Gasteiger partial charge in [-0.1, -0.05) is 18.1 Å². The summed E-state index contributed by atoms with van der Waals surface area (Å²) in [5, 5.41) is 0. The Labute approximate surface area is 142 Å². The summed E-state index contributed by atoms with van der Waals surface area (Å²) in [5.41, 5.74) is 1.10. The minimum atomic E-state index is -0.370. The van der Waals surface area contributed by atoms with Crippen LogP contribution in [0.1, 0.15) is 5.56 Å². The third kappa shape index (κ3) is 3.36. The molecule has 1 atom stereocenters. The number of likely N-dealkylation sites (N-methyl/N-ethyl adjacent to an activating group) is 1. The molecular formula is C18H21N3O3. The summed E-state index contributed by atoms with van der Waals surface area (Å²) in [7, 11) is 1.68. The minimum absolute atomic E-state index is 0.0189. The highest BCUT2D eigenvalue weighted by Gasteiger charge is 2.41. The molecule has 6 nitrogen and oxygen atoms in total. The molecule has 1 aromatic rings. The lowest BCUT2D eigenvalue weighted by atomic mass is 10.1. The van der Waals surface area contributed by atoms with Gasteiger partial charge >= 0.3 is 0 Å². The average Bonchev–Trinajstić information content (AvgIpc) is 2.58. The average molecular weight is 327 g/mol. The Morgan fingerprint density at radius 2 is 2.17 bits per heavy atom. The van der Waals surface area contributed by atoms with Crippen molar-refractivity contribution in [2.75, 3.05) is 39.8 Å². The van der Waals surface area contributed by atoms with Gasteiger partial charge in [-0.05, 0) is 17.7 Å². The first-order valence-corrected chi connectivity index (χ1v) is 8.00. The molecule has 0 unspecified atom stereocenters. The number of hydrogen-bond donors (Lipinski definition) is 0.